The van der Waals surface area contributed by atoms with E-state index < -0.39 is 0 Å². The predicted molar refractivity (Wildman–Crippen MR) is 62.1 cm³/mol. The summed E-state index contributed by atoms with van der Waals surface area (Å²) in [5, 5.41) is 3.45. The maximum atomic E-state index is 6.24. The van der Waals surface area contributed by atoms with Crippen LogP contribution in [0.25, 0.3) is 0 Å². The molecule has 1 aliphatic rings. The van der Waals surface area contributed by atoms with Crippen LogP contribution in [0.3, 0.4) is 0 Å². The van der Waals surface area contributed by atoms with Crippen LogP contribution < -0.4 is 5.32 Å². The summed E-state index contributed by atoms with van der Waals surface area (Å²) < 4.78 is 11.7. The largest absolute Gasteiger partial charge is 0.379 e. The maximum Gasteiger partial charge on any atom is 0.102 e. The van der Waals surface area contributed by atoms with E-state index in [0.717, 1.165) is 19.7 Å². The minimum Gasteiger partial charge on any atom is -0.379 e. The molecule has 1 fully saturated rings. The van der Waals surface area contributed by atoms with Crippen LogP contribution in [0.15, 0.2) is 0 Å². The highest BCUT2D eigenvalue weighted by atomic mass is 16.6. The zero-order chi connectivity index (χ0) is 11.5. The average Bonchev–Trinajstić information content (AvgIpc) is 2.14. The Hall–Kier alpha value is -0.120. The highest BCUT2D eigenvalue weighted by Crippen LogP contribution is 2.30. The summed E-state index contributed by atoms with van der Waals surface area (Å²) in [4.78, 5) is 0. The molecule has 2 atom stereocenters. The van der Waals surface area contributed by atoms with Crippen molar-refractivity contribution in [1.29, 1.82) is 0 Å². The van der Waals surface area contributed by atoms with Crippen molar-refractivity contribution in [3.05, 3.63) is 0 Å². The summed E-state index contributed by atoms with van der Waals surface area (Å²) in [6.45, 7) is 13.9. The van der Waals surface area contributed by atoms with Crippen molar-refractivity contribution in [3.63, 3.8) is 0 Å². The SMILES string of the molecule is CCOCC1(C)CNCC(C)(C(C)C)O1. The van der Waals surface area contributed by atoms with E-state index in [4.69, 9.17) is 9.47 Å². The van der Waals surface area contributed by atoms with Crippen LogP contribution in [0.4, 0.5) is 0 Å². The van der Waals surface area contributed by atoms with Crippen LogP contribution in [-0.2, 0) is 9.47 Å². The molecule has 0 aliphatic carbocycles. The number of morpholine rings is 1. The molecular formula is C12H25NO2. The second-order valence-corrected chi connectivity index (χ2v) is 5.26. The first kappa shape index (κ1) is 12.9. The minimum absolute atomic E-state index is 0.0793. The zero-order valence-corrected chi connectivity index (χ0v) is 10.7. The third-order valence-corrected chi connectivity index (χ3v) is 3.29. The van der Waals surface area contributed by atoms with Gasteiger partial charge in [0.05, 0.1) is 12.2 Å². The van der Waals surface area contributed by atoms with Gasteiger partial charge in [0.2, 0.25) is 0 Å². The molecule has 2 unspecified atom stereocenters. The first-order valence-electron chi connectivity index (χ1n) is 5.90. The zero-order valence-electron chi connectivity index (χ0n) is 10.7. The molecule has 1 rings (SSSR count). The summed E-state index contributed by atoms with van der Waals surface area (Å²) in [6, 6.07) is 0. The van der Waals surface area contributed by atoms with Gasteiger partial charge in [0.25, 0.3) is 0 Å². The van der Waals surface area contributed by atoms with E-state index in [1.807, 2.05) is 6.92 Å². The van der Waals surface area contributed by atoms with Crippen LogP contribution in [-0.4, -0.2) is 37.5 Å². The lowest BCUT2D eigenvalue weighted by Crippen LogP contribution is -2.61. The Labute approximate surface area is 93.5 Å². The van der Waals surface area contributed by atoms with Gasteiger partial charge in [-0.1, -0.05) is 13.8 Å². The Balaban J connectivity index is 2.61. The molecule has 90 valence electrons. The monoisotopic (exact) mass is 215 g/mol. The highest BCUT2D eigenvalue weighted by Gasteiger charge is 2.41. The molecule has 1 N–H and O–H groups in total. The molecule has 0 bridgehead atoms. The molecule has 0 aromatic rings. The molecule has 0 aromatic carbocycles. The quantitative estimate of drug-likeness (QED) is 0.776. The van der Waals surface area contributed by atoms with Crippen LogP contribution in [0.1, 0.15) is 34.6 Å². The molecule has 1 aliphatic heterocycles. The number of rotatable bonds is 4. The van der Waals surface area contributed by atoms with Crippen LogP contribution in [0.5, 0.6) is 0 Å². The molecule has 3 heteroatoms. The van der Waals surface area contributed by atoms with Crippen molar-refractivity contribution >= 4 is 0 Å². The Morgan fingerprint density at radius 3 is 2.53 bits per heavy atom. The van der Waals surface area contributed by atoms with E-state index >= 15 is 0 Å². The van der Waals surface area contributed by atoms with Crippen molar-refractivity contribution in [2.45, 2.75) is 45.8 Å². The van der Waals surface area contributed by atoms with Crippen LogP contribution in [0.2, 0.25) is 0 Å². The van der Waals surface area contributed by atoms with Gasteiger partial charge in [0.1, 0.15) is 5.60 Å². The molecular weight excluding hydrogens is 190 g/mol. The topological polar surface area (TPSA) is 30.5 Å². The van der Waals surface area contributed by atoms with Gasteiger partial charge >= 0.3 is 0 Å². The Morgan fingerprint density at radius 2 is 2.00 bits per heavy atom. The van der Waals surface area contributed by atoms with Gasteiger partial charge in [-0.3, -0.25) is 0 Å². The predicted octanol–water partition coefficient (Wildman–Crippen LogP) is 1.82. The van der Waals surface area contributed by atoms with Crippen molar-refractivity contribution in [1.82, 2.24) is 5.32 Å². The Morgan fingerprint density at radius 1 is 1.33 bits per heavy atom. The van der Waals surface area contributed by atoms with E-state index in [1.165, 1.54) is 0 Å². The van der Waals surface area contributed by atoms with E-state index in [1.54, 1.807) is 0 Å². The second kappa shape index (κ2) is 4.81. The van der Waals surface area contributed by atoms with E-state index in [9.17, 15) is 0 Å². The second-order valence-electron chi connectivity index (χ2n) is 5.26. The fourth-order valence-corrected chi connectivity index (χ4v) is 1.93. The number of ether oxygens (including phenoxy) is 2. The van der Waals surface area contributed by atoms with Gasteiger partial charge in [-0.2, -0.15) is 0 Å². The summed E-state index contributed by atoms with van der Waals surface area (Å²) >= 11 is 0. The lowest BCUT2D eigenvalue weighted by Gasteiger charge is -2.47. The number of hydrogen-bond acceptors (Lipinski definition) is 3. The molecule has 15 heavy (non-hydrogen) atoms. The standard InChI is InChI=1S/C12H25NO2/c1-6-14-9-11(4)7-13-8-12(5,15-11)10(2)3/h10,13H,6-9H2,1-5H3. The van der Waals surface area contributed by atoms with E-state index in [2.05, 4.69) is 33.0 Å². The molecule has 0 amide bonds. The lowest BCUT2D eigenvalue weighted by molar-refractivity contribution is -0.200. The first-order chi connectivity index (χ1) is 6.92. The number of hydrogen-bond donors (Lipinski definition) is 1. The summed E-state index contributed by atoms with van der Waals surface area (Å²) in [6.07, 6.45) is 0. The summed E-state index contributed by atoms with van der Waals surface area (Å²) in [5.41, 5.74) is -0.266. The lowest BCUT2D eigenvalue weighted by atomic mass is 9.88. The molecule has 3 nitrogen and oxygen atoms in total. The smallest absolute Gasteiger partial charge is 0.102 e. The van der Waals surface area contributed by atoms with Crippen molar-refractivity contribution in [2.75, 3.05) is 26.3 Å². The van der Waals surface area contributed by atoms with Crippen molar-refractivity contribution < 1.29 is 9.47 Å². The summed E-state index contributed by atoms with van der Waals surface area (Å²) in [5.74, 6) is 0.506. The van der Waals surface area contributed by atoms with Gasteiger partial charge in [0, 0.05) is 19.7 Å². The molecule has 0 saturated carbocycles. The fraction of sp³-hybridized carbons (Fsp3) is 1.00. The van der Waals surface area contributed by atoms with Gasteiger partial charge in [-0.15, -0.1) is 0 Å². The van der Waals surface area contributed by atoms with Gasteiger partial charge in [-0.05, 0) is 26.7 Å². The van der Waals surface area contributed by atoms with Crippen LogP contribution in [0, 0.1) is 5.92 Å². The third-order valence-electron chi connectivity index (χ3n) is 3.29. The molecule has 0 radical (unpaired) electrons. The van der Waals surface area contributed by atoms with Crippen molar-refractivity contribution in [2.24, 2.45) is 5.92 Å². The Kier molecular flexibility index (Phi) is 4.15. The number of nitrogens with one attached hydrogen (secondary N) is 1. The molecule has 0 spiro atoms. The first-order valence-corrected chi connectivity index (χ1v) is 5.90. The highest BCUT2D eigenvalue weighted by molar-refractivity contribution is 4.93. The Bertz CT molecular complexity index is 208. The van der Waals surface area contributed by atoms with E-state index in [0.29, 0.717) is 12.5 Å². The average molecular weight is 215 g/mol. The minimum atomic E-state index is -0.187. The molecule has 1 saturated heterocycles. The summed E-state index contributed by atoms with van der Waals surface area (Å²) in [7, 11) is 0. The normalized spacial score (nSPS) is 37.2. The van der Waals surface area contributed by atoms with Gasteiger partial charge in [-0.25, -0.2) is 0 Å². The van der Waals surface area contributed by atoms with Gasteiger partial charge in [0.15, 0.2) is 0 Å². The van der Waals surface area contributed by atoms with Crippen LogP contribution >= 0.6 is 0 Å². The third kappa shape index (κ3) is 3.16. The van der Waals surface area contributed by atoms with Gasteiger partial charge < -0.3 is 14.8 Å². The van der Waals surface area contributed by atoms with E-state index in [-0.39, 0.29) is 11.2 Å². The maximum absolute atomic E-state index is 6.24. The van der Waals surface area contributed by atoms with Crippen molar-refractivity contribution in [3.8, 4) is 0 Å². The molecule has 0 aromatic heterocycles. The fourth-order valence-electron chi connectivity index (χ4n) is 1.93. The molecule has 1 heterocycles.